The molecule has 2 fully saturated rings. The molecule has 11 N–H and O–H groups in total. The number of tetrazole rings is 2. The fourth-order valence-electron chi connectivity index (χ4n) is 10.5. The van der Waals surface area contributed by atoms with E-state index in [9.17, 15) is 37.2 Å². The molecule has 7 aromatic rings. The van der Waals surface area contributed by atoms with Crippen molar-refractivity contribution in [2.75, 3.05) is 23.3 Å². The number of anilines is 2. The van der Waals surface area contributed by atoms with Crippen LogP contribution in [0.25, 0.3) is 33.9 Å². The fourth-order valence-corrected chi connectivity index (χ4v) is 11.4. The lowest BCUT2D eigenvalue weighted by molar-refractivity contribution is -0.130. The monoisotopic (exact) mass is 1270 g/mol. The van der Waals surface area contributed by atoms with Gasteiger partial charge in [-0.25, -0.2) is 33.3 Å². The van der Waals surface area contributed by atoms with Gasteiger partial charge in [-0.15, -0.1) is 10.2 Å². The molecule has 5 aromatic carbocycles. The van der Waals surface area contributed by atoms with Crippen molar-refractivity contribution in [2.45, 2.75) is 108 Å². The Kier molecular flexibility index (Phi) is 21.7. The number of aromatic nitrogens is 8. The highest BCUT2D eigenvalue weighted by molar-refractivity contribution is 9.10. The lowest BCUT2D eigenvalue weighted by Crippen LogP contribution is -2.52. The van der Waals surface area contributed by atoms with Gasteiger partial charge in [0, 0.05) is 64.7 Å². The Hall–Kier alpha value is -8.95. The lowest BCUT2D eigenvalue weighted by Gasteiger charge is -2.36. The van der Waals surface area contributed by atoms with E-state index in [1.54, 1.807) is 65.6 Å². The molecule has 25 nitrogen and oxygen atoms in total. The van der Waals surface area contributed by atoms with Crippen LogP contribution in [0.4, 0.5) is 21.0 Å². The SMILES string of the molecule is CC(C)(C)OC(=O)NC[C@H]1CC[C@H](C(=O)N(c2ccc(-c3nnn[nH]3)cc2)[C@@H](Cc2ccc(Br)cc2)C(N)=O)CC1.NS(=O)(=O)c1cccc(-c2ccc(C[C@H](NC(=O)[C@H]3CC[C@H](CNC(=O)O)CC3)C(=O)Nc3ccc(-c4nnn[nH]4)cc3)cc2)c1. The number of aromatic amines is 2. The summed E-state index contributed by atoms with van der Waals surface area (Å²) in [6.45, 7) is 6.31. The van der Waals surface area contributed by atoms with E-state index in [1.807, 2.05) is 69.3 Å². The number of alkyl carbamates (subject to hydrolysis) is 1. The summed E-state index contributed by atoms with van der Waals surface area (Å²) < 4.78 is 29.9. The summed E-state index contributed by atoms with van der Waals surface area (Å²) in [4.78, 5) is 78.4. The third-order valence-electron chi connectivity index (χ3n) is 15.2. The summed E-state index contributed by atoms with van der Waals surface area (Å²) in [5, 5.41) is 52.8. The molecule has 0 unspecified atom stereocenters. The van der Waals surface area contributed by atoms with E-state index in [4.69, 9.17) is 20.7 Å². The molecule has 0 aliphatic heterocycles. The van der Waals surface area contributed by atoms with Gasteiger partial charge >= 0.3 is 12.2 Å². The van der Waals surface area contributed by atoms with Crippen molar-refractivity contribution < 1.29 is 47.0 Å². The zero-order chi connectivity index (χ0) is 62.3. The number of H-pyrrole nitrogens is 2. The van der Waals surface area contributed by atoms with Gasteiger partial charge in [-0.2, -0.15) is 0 Å². The summed E-state index contributed by atoms with van der Waals surface area (Å²) in [6.07, 6.45) is 4.39. The molecule has 2 aliphatic rings. The molecule has 6 amide bonds. The third-order valence-corrected chi connectivity index (χ3v) is 16.6. The second-order valence-electron chi connectivity index (χ2n) is 22.6. The number of sulfonamides is 1. The van der Waals surface area contributed by atoms with Crippen LogP contribution in [0.5, 0.6) is 0 Å². The van der Waals surface area contributed by atoms with Crippen molar-refractivity contribution in [3.63, 3.8) is 0 Å². The average Bonchev–Trinajstić information content (AvgIpc) is 2.68. The first kappa shape index (κ1) is 64.1. The number of nitrogens with two attached hydrogens (primary N) is 2. The Labute approximate surface area is 511 Å². The van der Waals surface area contributed by atoms with Gasteiger partial charge < -0.3 is 36.8 Å². The Morgan fingerprint density at radius 3 is 1.75 bits per heavy atom. The first-order valence-corrected chi connectivity index (χ1v) is 30.7. The standard InChI is InChI=1S/C31H34N8O6S.C29H36BrN7O4/c32-46(44,45)26-3-1-2-24(17-26)21-8-4-19(5-9-21)16-27(35-29(40)23-10-6-20(7-11-23)18-33-31(42)43)30(41)34-25-14-12-22(13-15-25)28-36-38-39-37-28;1-29(2,3)41-28(40)32-17-19-4-8-21(9-5-19)27(39)37(23-14-10-20(11-15-23)26-33-35-36-34-26)24(25(31)38)16-18-6-12-22(30)13-7-18/h1-5,8-9,12-15,17,20,23,27,33H,6-7,10-11,16,18H2,(H,34,41)(H,35,40)(H,42,43)(H2,32,44,45)(H,36,37,38,39);6-7,10-15,19,21,24H,4-5,8-9,16-17H2,1-3H3,(H2,31,38)(H,32,40)(H,33,34,35,36)/t20-,23-,27-;19-,21-,24-/m00/s1. The number of hydrogen-bond donors (Lipinski definition) is 9. The number of hydrogen-bond acceptors (Lipinski definition) is 15. The molecule has 2 aromatic heterocycles. The van der Waals surface area contributed by atoms with Crippen molar-refractivity contribution in [1.82, 2.24) is 57.2 Å². The van der Waals surface area contributed by atoms with Gasteiger partial charge in [0.2, 0.25) is 33.7 Å². The summed E-state index contributed by atoms with van der Waals surface area (Å²) in [5.74, 6) is -0.536. The molecule has 0 radical (unpaired) electrons. The van der Waals surface area contributed by atoms with Gasteiger partial charge in [0.15, 0.2) is 11.6 Å². The molecular formula is C60H70BrN15O10S. The molecule has 2 saturated carbocycles. The van der Waals surface area contributed by atoms with E-state index in [0.29, 0.717) is 80.2 Å². The van der Waals surface area contributed by atoms with Crippen LogP contribution in [-0.2, 0) is 46.8 Å². The zero-order valence-corrected chi connectivity index (χ0v) is 50.6. The second-order valence-corrected chi connectivity index (χ2v) is 25.1. The van der Waals surface area contributed by atoms with Gasteiger partial charge in [0.1, 0.15) is 17.7 Å². The molecule has 458 valence electrons. The average molecular weight is 1270 g/mol. The number of carbonyl (C=O) groups excluding carboxylic acids is 5. The normalized spacial score (nSPS) is 17.4. The predicted molar refractivity (Wildman–Crippen MR) is 326 cm³/mol. The van der Waals surface area contributed by atoms with Gasteiger partial charge in [-0.05, 0) is 200 Å². The van der Waals surface area contributed by atoms with Crippen LogP contribution < -0.4 is 37.0 Å². The zero-order valence-electron chi connectivity index (χ0n) is 48.2. The minimum absolute atomic E-state index is 0.00577. The number of ether oxygens (including phenoxy) is 1. The molecule has 87 heavy (non-hydrogen) atoms. The second kappa shape index (κ2) is 29.4. The number of carbonyl (C=O) groups is 6. The van der Waals surface area contributed by atoms with Crippen LogP contribution in [-0.4, -0.2) is 121 Å². The molecule has 9 rings (SSSR count). The highest BCUT2D eigenvalue weighted by Crippen LogP contribution is 2.34. The maximum absolute atomic E-state index is 14.1. The molecule has 2 atom stereocenters. The molecule has 0 saturated heterocycles. The number of halogens is 1. The first-order chi connectivity index (χ1) is 41.5. The van der Waals surface area contributed by atoms with Crippen LogP contribution in [0, 0.1) is 23.7 Å². The van der Waals surface area contributed by atoms with E-state index >= 15 is 0 Å². The Balaban J connectivity index is 0.000000227. The number of carboxylic acid groups (broad SMARTS) is 1. The molecule has 0 bridgehead atoms. The number of benzene rings is 5. The highest BCUT2D eigenvalue weighted by atomic mass is 79.9. The predicted octanol–water partition coefficient (Wildman–Crippen LogP) is 7.31. The summed E-state index contributed by atoms with van der Waals surface area (Å²) in [6, 6.07) is 33.5. The maximum atomic E-state index is 14.1. The van der Waals surface area contributed by atoms with Gasteiger partial charge in [-0.3, -0.25) is 24.1 Å². The molecule has 2 aliphatic carbocycles. The van der Waals surface area contributed by atoms with Crippen LogP contribution in [0.2, 0.25) is 0 Å². The Bertz CT molecular complexity index is 3560. The Morgan fingerprint density at radius 1 is 0.690 bits per heavy atom. The minimum Gasteiger partial charge on any atom is -0.465 e. The van der Waals surface area contributed by atoms with Crippen LogP contribution in [0.1, 0.15) is 83.3 Å². The fraction of sp³-hybridized carbons (Fsp3) is 0.367. The maximum Gasteiger partial charge on any atom is 0.407 e. The van der Waals surface area contributed by atoms with Crippen LogP contribution in [0.15, 0.2) is 131 Å². The number of primary amides is 1. The third kappa shape index (κ3) is 18.8. The summed E-state index contributed by atoms with van der Waals surface area (Å²) in [7, 11) is -3.86. The van der Waals surface area contributed by atoms with Crippen molar-refractivity contribution in [3.05, 3.63) is 137 Å². The van der Waals surface area contributed by atoms with Gasteiger partial charge in [-0.1, -0.05) is 64.5 Å². The smallest absolute Gasteiger partial charge is 0.407 e. The largest absolute Gasteiger partial charge is 0.465 e. The van der Waals surface area contributed by atoms with Crippen molar-refractivity contribution in [2.24, 2.45) is 34.5 Å². The Morgan fingerprint density at radius 2 is 1.22 bits per heavy atom. The lowest BCUT2D eigenvalue weighted by atomic mass is 9.81. The van der Waals surface area contributed by atoms with Crippen molar-refractivity contribution in [1.29, 1.82) is 0 Å². The van der Waals surface area contributed by atoms with Crippen molar-refractivity contribution in [3.8, 4) is 33.9 Å². The molecule has 2 heterocycles. The van der Waals surface area contributed by atoms with E-state index in [-0.39, 0.29) is 53.2 Å². The van der Waals surface area contributed by atoms with Crippen molar-refractivity contribution >= 4 is 73.1 Å². The van der Waals surface area contributed by atoms with E-state index in [1.165, 1.54) is 12.1 Å². The number of primary sulfonamides is 1. The minimum atomic E-state index is -3.86. The number of nitrogens with zero attached hydrogens (tertiary/aromatic N) is 7. The van der Waals surface area contributed by atoms with Crippen LogP contribution in [0.3, 0.4) is 0 Å². The van der Waals surface area contributed by atoms with Gasteiger partial charge in [0.05, 0.1) is 4.90 Å². The number of nitrogens with one attached hydrogen (secondary N) is 6. The quantitative estimate of drug-likeness (QED) is 0.0361. The molecule has 0 spiro atoms. The first-order valence-electron chi connectivity index (χ1n) is 28.4. The highest BCUT2D eigenvalue weighted by Gasteiger charge is 2.37. The van der Waals surface area contributed by atoms with Gasteiger partial charge in [0.25, 0.3) is 0 Å². The van der Waals surface area contributed by atoms with E-state index in [0.717, 1.165) is 45.1 Å². The molecular weight excluding hydrogens is 1200 g/mol. The van der Waals surface area contributed by atoms with Crippen LogP contribution >= 0.6 is 15.9 Å². The number of amides is 6. The van der Waals surface area contributed by atoms with E-state index in [2.05, 4.69) is 78.4 Å². The van der Waals surface area contributed by atoms with E-state index < -0.39 is 51.7 Å². The molecule has 27 heteroatoms. The summed E-state index contributed by atoms with van der Waals surface area (Å²) in [5.41, 5.74) is 11.0. The topological polar surface area (TPSA) is 378 Å². The summed E-state index contributed by atoms with van der Waals surface area (Å²) >= 11 is 3.44. The number of rotatable bonds is 20.